The van der Waals surface area contributed by atoms with Crippen molar-refractivity contribution in [2.24, 2.45) is 0 Å². The van der Waals surface area contributed by atoms with Crippen molar-refractivity contribution in [1.82, 2.24) is 5.32 Å². The maximum absolute atomic E-state index is 10.7. The number of hydrogen-bond acceptors (Lipinski definition) is 2. The molecule has 0 aliphatic carbocycles. The number of amides is 1. The molecule has 1 aliphatic rings. The predicted octanol–water partition coefficient (Wildman–Crippen LogP) is 1.37. The third kappa shape index (κ3) is 2.21. The van der Waals surface area contributed by atoms with E-state index in [2.05, 4.69) is 12.2 Å². The molecule has 1 fully saturated rings. The molecule has 1 saturated heterocycles. The number of rotatable bonds is 3. The predicted molar refractivity (Wildman–Crippen MR) is 43.9 cm³/mol. The Bertz CT molecular complexity index is 127. The van der Waals surface area contributed by atoms with E-state index in [-0.39, 0.29) is 5.91 Å². The molecule has 58 valence electrons. The van der Waals surface area contributed by atoms with Gasteiger partial charge in [-0.15, -0.1) is 11.8 Å². The summed E-state index contributed by atoms with van der Waals surface area (Å²) in [7, 11) is 0. The van der Waals surface area contributed by atoms with Crippen molar-refractivity contribution in [3.63, 3.8) is 0 Å². The second kappa shape index (κ2) is 3.86. The fourth-order valence-corrected chi connectivity index (χ4v) is 1.97. The van der Waals surface area contributed by atoms with Crippen LogP contribution in [0.5, 0.6) is 0 Å². The van der Waals surface area contributed by atoms with Crippen molar-refractivity contribution in [1.29, 1.82) is 0 Å². The average molecular weight is 159 g/mol. The van der Waals surface area contributed by atoms with Crippen molar-refractivity contribution in [2.45, 2.75) is 31.6 Å². The van der Waals surface area contributed by atoms with Crippen LogP contribution in [0.25, 0.3) is 0 Å². The van der Waals surface area contributed by atoms with Crippen molar-refractivity contribution in [3.05, 3.63) is 0 Å². The van der Waals surface area contributed by atoms with Gasteiger partial charge in [-0.25, -0.2) is 0 Å². The molecule has 0 bridgehead atoms. The van der Waals surface area contributed by atoms with E-state index >= 15 is 0 Å². The largest absolute Gasteiger partial charge is 0.344 e. The number of hydrogen-bond donors (Lipinski definition) is 1. The fourth-order valence-electron chi connectivity index (χ4n) is 0.984. The van der Waals surface area contributed by atoms with Gasteiger partial charge >= 0.3 is 0 Å². The van der Waals surface area contributed by atoms with Gasteiger partial charge < -0.3 is 5.32 Å². The topological polar surface area (TPSA) is 29.1 Å². The zero-order chi connectivity index (χ0) is 7.40. The Morgan fingerprint density at radius 2 is 2.60 bits per heavy atom. The molecule has 0 aromatic rings. The molecule has 1 heterocycles. The molecule has 1 N–H and O–H groups in total. The van der Waals surface area contributed by atoms with Crippen LogP contribution in [0.15, 0.2) is 0 Å². The Hall–Kier alpha value is -0.180. The molecule has 1 atom stereocenters. The maximum Gasteiger partial charge on any atom is 0.230 e. The maximum atomic E-state index is 10.7. The quantitative estimate of drug-likeness (QED) is 0.673. The summed E-state index contributed by atoms with van der Waals surface area (Å²) in [6, 6.07) is 0. The normalized spacial score (nSPS) is 24.9. The number of unbranched alkanes of at least 4 members (excludes halogenated alkanes) is 1. The van der Waals surface area contributed by atoms with E-state index in [0.29, 0.717) is 11.1 Å². The minimum Gasteiger partial charge on any atom is -0.344 e. The Labute approximate surface area is 65.8 Å². The third-order valence-electron chi connectivity index (χ3n) is 1.56. The average Bonchev–Trinajstić information content (AvgIpc) is 2.31. The molecule has 2 nitrogen and oxygen atoms in total. The van der Waals surface area contributed by atoms with Gasteiger partial charge in [-0.2, -0.15) is 0 Å². The van der Waals surface area contributed by atoms with Gasteiger partial charge in [0.1, 0.15) is 0 Å². The summed E-state index contributed by atoms with van der Waals surface area (Å²) in [6.07, 6.45) is 3.57. The van der Waals surface area contributed by atoms with Gasteiger partial charge in [-0.05, 0) is 6.42 Å². The Kier molecular flexibility index (Phi) is 3.06. The molecule has 0 radical (unpaired) electrons. The highest BCUT2D eigenvalue weighted by atomic mass is 32.2. The van der Waals surface area contributed by atoms with Crippen LogP contribution in [-0.2, 0) is 4.79 Å². The van der Waals surface area contributed by atoms with Gasteiger partial charge in [0.15, 0.2) is 0 Å². The van der Waals surface area contributed by atoms with Crippen LogP contribution in [0, 0.1) is 0 Å². The fraction of sp³-hybridized carbons (Fsp3) is 0.857. The lowest BCUT2D eigenvalue weighted by molar-refractivity contribution is -0.118. The lowest BCUT2D eigenvalue weighted by atomic mass is 10.2. The summed E-state index contributed by atoms with van der Waals surface area (Å²) in [5.74, 6) is 0.861. The third-order valence-corrected chi connectivity index (χ3v) is 2.74. The van der Waals surface area contributed by atoms with Gasteiger partial charge in [-0.1, -0.05) is 19.8 Å². The number of carbonyl (C=O) groups excluding carboxylic acids is 1. The molecule has 0 aromatic heterocycles. The number of thioether (sulfide) groups is 1. The highest BCUT2D eigenvalue weighted by molar-refractivity contribution is 8.01. The van der Waals surface area contributed by atoms with Gasteiger partial charge in [-0.3, -0.25) is 4.79 Å². The second-order valence-electron chi connectivity index (χ2n) is 2.51. The summed E-state index contributed by atoms with van der Waals surface area (Å²) >= 11 is 1.73. The van der Waals surface area contributed by atoms with E-state index in [4.69, 9.17) is 0 Å². The SMILES string of the molecule is CCCCC1NC(=O)CS1. The smallest absolute Gasteiger partial charge is 0.230 e. The molecule has 1 amide bonds. The molecule has 1 aliphatic heterocycles. The van der Waals surface area contributed by atoms with Crippen LogP contribution in [0.3, 0.4) is 0 Å². The van der Waals surface area contributed by atoms with Gasteiger partial charge in [0, 0.05) is 0 Å². The molecule has 1 rings (SSSR count). The first kappa shape index (κ1) is 7.92. The lowest BCUT2D eigenvalue weighted by Gasteiger charge is -2.06. The molecule has 3 heteroatoms. The summed E-state index contributed by atoms with van der Waals surface area (Å²) in [4.78, 5) is 10.7. The zero-order valence-electron chi connectivity index (χ0n) is 6.22. The van der Waals surface area contributed by atoms with E-state index in [0.717, 1.165) is 6.42 Å². The van der Waals surface area contributed by atoms with Gasteiger partial charge in [0.2, 0.25) is 5.91 Å². The van der Waals surface area contributed by atoms with E-state index < -0.39 is 0 Å². The van der Waals surface area contributed by atoms with Crippen LogP contribution < -0.4 is 5.32 Å². The summed E-state index contributed by atoms with van der Waals surface area (Å²) in [5, 5.41) is 3.32. The van der Waals surface area contributed by atoms with E-state index in [9.17, 15) is 4.79 Å². The highest BCUT2D eigenvalue weighted by Gasteiger charge is 2.19. The first-order valence-corrected chi connectivity index (χ1v) is 4.78. The number of carbonyl (C=O) groups is 1. The van der Waals surface area contributed by atoms with Crippen LogP contribution >= 0.6 is 11.8 Å². The Morgan fingerprint density at radius 3 is 3.10 bits per heavy atom. The minimum atomic E-state index is 0.200. The highest BCUT2D eigenvalue weighted by Crippen LogP contribution is 2.19. The van der Waals surface area contributed by atoms with E-state index in [1.165, 1.54) is 12.8 Å². The van der Waals surface area contributed by atoms with Crippen molar-refractivity contribution < 1.29 is 4.79 Å². The summed E-state index contributed by atoms with van der Waals surface area (Å²) in [5.41, 5.74) is 0. The molecule has 1 unspecified atom stereocenters. The molecular weight excluding hydrogens is 146 g/mol. The Balaban J connectivity index is 2.12. The van der Waals surface area contributed by atoms with Crippen LogP contribution in [0.1, 0.15) is 26.2 Å². The van der Waals surface area contributed by atoms with Gasteiger partial charge in [0.25, 0.3) is 0 Å². The zero-order valence-corrected chi connectivity index (χ0v) is 7.04. The molecular formula is C7H13NOS. The standard InChI is InChI=1S/C7H13NOS/c1-2-3-4-7-8-6(9)5-10-7/h7H,2-5H2,1H3,(H,8,9). The molecule has 0 aromatic carbocycles. The number of nitrogens with one attached hydrogen (secondary N) is 1. The molecule has 10 heavy (non-hydrogen) atoms. The minimum absolute atomic E-state index is 0.200. The first-order valence-electron chi connectivity index (χ1n) is 3.74. The Morgan fingerprint density at radius 1 is 1.80 bits per heavy atom. The first-order chi connectivity index (χ1) is 4.83. The lowest BCUT2D eigenvalue weighted by Crippen LogP contribution is -2.24. The summed E-state index contributed by atoms with van der Waals surface area (Å²) in [6.45, 7) is 2.17. The van der Waals surface area contributed by atoms with E-state index in [1.807, 2.05) is 0 Å². The second-order valence-corrected chi connectivity index (χ2v) is 3.70. The van der Waals surface area contributed by atoms with E-state index in [1.54, 1.807) is 11.8 Å². The van der Waals surface area contributed by atoms with Gasteiger partial charge in [0.05, 0.1) is 11.1 Å². The monoisotopic (exact) mass is 159 g/mol. The molecule has 0 saturated carbocycles. The van der Waals surface area contributed by atoms with Crippen molar-refractivity contribution in [2.75, 3.05) is 5.75 Å². The summed E-state index contributed by atoms with van der Waals surface area (Å²) < 4.78 is 0. The van der Waals surface area contributed by atoms with Crippen LogP contribution in [0.4, 0.5) is 0 Å². The van der Waals surface area contributed by atoms with Crippen LogP contribution in [-0.4, -0.2) is 17.0 Å². The van der Waals surface area contributed by atoms with Crippen LogP contribution in [0.2, 0.25) is 0 Å². The van der Waals surface area contributed by atoms with Crippen molar-refractivity contribution >= 4 is 17.7 Å². The van der Waals surface area contributed by atoms with Crippen molar-refractivity contribution in [3.8, 4) is 0 Å². The molecule has 0 spiro atoms.